The Bertz CT molecular complexity index is 248. The molecule has 0 unspecified atom stereocenters. The first-order valence-corrected chi connectivity index (χ1v) is 4.89. The van der Waals surface area contributed by atoms with Gasteiger partial charge in [0.25, 0.3) is 0 Å². The van der Waals surface area contributed by atoms with Gasteiger partial charge in [0.15, 0.2) is 5.11 Å². The van der Waals surface area contributed by atoms with Gasteiger partial charge in [-0.1, -0.05) is 6.08 Å². The molecular weight excluding hydrogens is 214 g/mol. The molecule has 0 heterocycles. The zero-order valence-electron chi connectivity index (χ0n) is 9.22. The molecule has 5 nitrogen and oxygen atoms in total. The van der Waals surface area contributed by atoms with Gasteiger partial charge in [-0.2, -0.15) is 0 Å². The highest BCUT2D eigenvalue weighted by molar-refractivity contribution is 7.80. The Hall–Kier alpha value is -1.30. The summed E-state index contributed by atoms with van der Waals surface area (Å²) in [6, 6.07) is 0. The van der Waals surface area contributed by atoms with E-state index in [0.29, 0.717) is 11.7 Å². The highest BCUT2D eigenvalue weighted by Crippen LogP contribution is 2.05. The largest absolute Gasteiger partial charge is 0.443 e. The molecule has 0 aromatic rings. The van der Waals surface area contributed by atoms with Crippen LogP contribution in [0.1, 0.15) is 20.8 Å². The minimum atomic E-state index is -0.578. The maximum absolute atomic E-state index is 11.1. The lowest BCUT2D eigenvalue weighted by Crippen LogP contribution is -2.48. The van der Waals surface area contributed by atoms with Crippen molar-refractivity contribution in [2.45, 2.75) is 26.4 Å². The predicted octanol–water partition coefficient (Wildman–Crippen LogP) is 1.08. The highest BCUT2D eigenvalue weighted by atomic mass is 32.1. The number of ether oxygens (including phenoxy) is 1. The lowest BCUT2D eigenvalue weighted by atomic mass is 10.2. The Labute approximate surface area is 95.2 Å². The summed E-state index contributed by atoms with van der Waals surface area (Å²) < 4.78 is 4.97. The van der Waals surface area contributed by atoms with Gasteiger partial charge >= 0.3 is 6.09 Å². The van der Waals surface area contributed by atoms with Gasteiger partial charge in [-0.3, -0.25) is 5.43 Å². The molecule has 0 aromatic heterocycles. The fourth-order valence-electron chi connectivity index (χ4n) is 0.620. The average Bonchev–Trinajstić information content (AvgIpc) is 2.08. The zero-order chi connectivity index (χ0) is 11.9. The van der Waals surface area contributed by atoms with Crippen molar-refractivity contribution in [3.8, 4) is 0 Å². The Morgan fingerprint density at radius 1 is 1.47 bits per heavy atom. The van der Waals surface area contributed by atoms with Crippen LogP contribution in [0.15, 0.2) is 12.7 Å². The first-order valence-electron chi connectivity index (χ1n) is 4.49. The van der Waals surface area contributed by atoms with Gasteiger partial charge in [-0.05, 0) is 33.0 Å². The fraction of sp³-hybridized carbons (Fsp3) is 0.556. The molecule has 3 N–H and O–H groups in total. The molecule has 1 amide bonds. The summed E-state index contributed by atoms with van der Waals surface area (Å²) in [4.78, 5) is 11.1. The fourth-order valence-corrected chi connectivity index (χ4v) is 0.755. The van der Waals surface area contributed by atoms with Crippen molar-refractivity contribution in [3.05, 3.63) is 12.7 Å². The van der Waals surface area contributed by atoms with E-state index in [-0.39, 0.29) is 0 Å². The second-order valence-electron chi connectivity index (χ2n) is 3.75. The van der Waals surface area contributed by atoms with Gasteiger partial charge in [0.05, 0.1) is 0 Å². The molecule has 0 spiro atoms. The Morgan fingerprint density at radius 3 is 2.53 bits per heavy atom. The van der Waals surface area contributed by atoms with Gasteiger partial charge in [0, 0.05) is 6.54 Å². The lowest BCUT2D eigenvalue weighted by Gasteiger charge is -2.20. The number of rotatable bonds is 2. The van der Waals surface area contributed by atoms with Crippen molar-refractivity contribution in [2.24, 2.45) is 0 Å². The molecule has 0 atom stereocenters. The monoisotopic (exact) mass is 231 g/mol. The van der Waals surface area contributed by atoms with Crippen LogP contribution < -0.4 is 16.2 Å². The molecule has 0 aliphatic rings. The van der Waals surface area contributed by atoms with Crippen LogP contribution in [0.3, 0.4) is 0 Å². The molecule has 0 saturated carbocycles. The maximum atomic E-state index is 11.1. The minimum Gasteiger partial charge on any atom is -0.443 e. The Morgan fingerprint density at radius 2 is 2.07 bits per heavy atom. The van der Waals surface area contributed by atoms with Crippen molar-refractivity contribution < 1.29 is 9.53 Å². The van der Waals surface area contributed by atoms with Gasteiger partial charge < -0.3 is 10.1 Å². The standard InChI is InChI=1S/C9H17N3O2S/c1-5-6-10-7(15)11-12-8(13)14-9(2,3)4/h5H,1,6H2,2-4H3,(H,12,13)(H2,10,11,15). The van der Waals surface area contributed by atoms with Gasteiger partial charge in [0.1, 0.15) is 5.60 Å². The highest BCUT2D eigenvalue weighted by Gasteiger charge is 2.15. The molecule has 0 aliphatic heterocycles. The number of hydrazine groups is 1. The van der Waals surface area contributed by atoms with Crippen molar-refractivity contribution in [1.29, 1.82) is 0 Å². The Kier molecular flexibility index (Phi) is 5.69. The number of nitrogens with one attached hydrogen (secondary N) is 3. The van der Waals surface area contributed by atoms with Gasteiger partial charge in [-0.15, -0.1) is 6.58 Å². The molecule has 0 bridgehead atoms. The number of hydrogen-bond donors (Lipinski definition) is 3. The zero-order valence-corrected chi connectivity index (χ0v) is 10.0. The third kappa shape index (κ3) is 9.01. The molecular formula is C9H17N3O2S. The number of thiocarbonyl (C=S) groups is 1. The van der Waals surface area contributed by atoms with Crippen molar-refractivity contribution in [2.75, 3.05) is 6.54 Å². The summed E-state index contributed by atoms with van der Waals surface area (Å²) in [5.74, 6) is 0. The number of amides is 1. The number of carbonyl (C=O) groups is 1. The number of hydrogen-bond acceptors (Lipinski definition) is 3. The smallest absolute Gasteiger partial charge is 0.426 e. The first kappa shape index (κ1) is 13.7. The molecule has 0 rings (SSSR count). The van der Waals surface area contributed by atoms with Crippen LogP contribution >= 0.6 is 12.2 Å². The van der Waals surface area contributed by atoms with E-state index in [0.717, 1.165) is 0 Å². The van der Waals surface area contributed by atoms with Crippen LogP contribution in [0.4, 0.5) is 4.79 Å². The second-order valence-corrected chi connectivity index (χ2v) is 4.16. The Balaban J connectivity index is 3.71. The quantitative estimate of drug-likeness (QED) is 0.377. The maximum Gasteiger partial charge on any atom is 0.426 e. The molecule has 0 radical (unpaired) electrons. The third-order valence-corrected chi connectivity index (χ3v) is 1.33. The first-order chi connectivity index (χ1) is 6.85. The van der Waals surface area contributed by atoms with Crippen LogP contribution in [-0.4, -0.2) is 23.4 Å². The second kappa shape index (κ2) is 6.23. The van der Waals surface area contributed by atoms with E-state index in [1.54, 1.807) is 26.8 Å². The summed E-state index contributed by atoms with van der Waals surface area (Å²) in [7, 11) is 0. The van der Waals surface area contributed by atoms with E-state index in [1.807, 2.05) is 0 Å². The summed E-state index contributed by atoms with van der Waals surface area (Å²) in [6.07, 6.45) is 1.08. The predicted molar refractivity (Wildman–Crippen MR) is 63.3 cm³/mol. The van der Waals surface area contributed by atoms with Crippen molar-refractivity contribution in [3.63, 3.8) is 0 Å². The molecule has 6 heteroatoms. The van der Waals surface area contributed by atoms with Crippen molar-refractivity contribution >= 4 is 23.4 Å². The normalized spacial score (nSPS) is 10.1. The molecule has 0 fully saturated rings. The van der Waals surface area contributed by atoms with Gasteiger partial charge in [0.2, 0.25) is 0 Å². The van der Waals surface area contributed by atoms with E-state index in [9.17, 15) is 4.79 Å². The molecule has 15 heavy (non-hydrogen) atoms. The third-order valence-electron chi connectivity index (χ3n) is 1.08. The molecule has 0 aromatic carbocycles. The molecule has 0 aliphatic carbocycles. The lowest BCUT2D eigenvalue weighted by molar-refractivity contribution is 0.0513. The average molecular weight is 231 g/mol. The SMILES string of the molecule is C=CCNC(=S)NNC(=O)OC(C)(C)C. The van der Waals surface area contributed by atoms with E-state index in [4.69, 9.17) is 17.0 Å². The summed E-state index contributed by atoms with van der Waals surface area (Å²) in [6.45, 7) is 9.38. The van der Waals surface area contributed by atoms with Crippen LogP contribution in [0.5, 0.6) is 0 Å². The summed E-state index contributed by atoms with van der Waals surface area (Å²) >= 11 is 4.84. The topological polar surface area (TPSA) is 62.4 Å². The summed E-state index contributed by atoms with van der Waals surface area (Å²) in [5, 5.41) is 3.09. The minimum absolute atomic E-state index is 0.306. The van der Waals surface area contributed by atoms with Crippen molar-refractivity contribution in [1.82, 2.24) is 16.2 Å². The van der Waals surface area contributed by atoms with E-state index in [1.165, 1.54) is 0 Å². The van der Waals surface area contributed by atoms with E-state index < -0.39 is 11.7 Å². The molecule has 86 valence electrons. The van der Waals surface area contributed by atoms with E-state index in [2.05, 4.69) is 22.7 Å². The van der Waals surface area contributed by atoms with Gasteiger partial charge in [-0.25, -0.2) is 10.2 Å². The number of carbonyl (C=O) groups excluding carboxylic acids is 1. The van der Waals surface area contributed by atoms with Crippen LogP contribution in [-0.2, 0) is 4.74 Å². The van der Waals surface area contributed by atoms with Crippen LogP contribution in [0, 0.1) is 0 Å². The van der Waals surface area contributed by atoms with Crippen LogP contribution in [0.2, 0.25) is 0 Å². The van der Waals surface area contributed by atoms with Crippen LogP contribution in [0.25, 0.3) is 0 Å². The summed E-state index contributed by atoms with van der Waals surface area (Å²) in [5.41, 5.74) is 4.26. The van der Waals surface area contributed by atoms with E-state index >= 15 is 0 Å². The molecule has 0 saturated heterocycles.